The standard InChI is InChI=1S/C70H62BN3S2/c1-67(2,3)44-31-34-53(49(39-44)43-21-10-9-11-22-43)73-58-42-46(74-54-26-15-14-25-50(54)69(7)37-18-19-38-70(69,74)8)41-57-65(58)71(51-33-36-62-64(66(51)73)48-24-13-17-29-60(48)76-62)52-40-45(68(4,5)6)32-35-55(52)72(57)56-27-20-30-61-63(56)47-23-12-16-28-59(47)75-61/h9-17,20-36,39-42H,18-19,37-38H2,1-8H3. The molecule has 76 heavy (non-hydrogen) atoms. The summed E-state index contributed by atoms with van der Waals surface area (Å²) in [5, 5.41) is 5.27. The van der Waals surface area contributed by atoms with Crippen molar-refractivity contribution in [3.63, 3.8) is 0 Å². The summed E-state index contributed by atoms with van der Waals surface area (Å²) in [4.78, 5) is 8.28. The number of hydrogen-bond donors (Lipinski definition) is 0. The summed E-state index contributed by atoms with van der Waals surface area (Å²) >= 11 is 3.83. The predicted octanol–water partition coefficient (Wildman–Crippen LogP) is 18.5. The Balaban J connectivity index is 1.14. The summed E-state index contributed by atoms with van der Waals surface area (Å²) in [5.74, 6) is 0. The van der Waals surface area contributed by atoms with Gasteiger partial charge in [0.05, 0.1) is 22.6 Å². The molecule has 3 nitrogen and oxygen atoms in total. The van der Waals surface area contributed by atoms with E-state index in [4.69, 9.17) is 0 Å². The summed E-state index contributed by atoms with van der Waals surface area (Å²) < 4.78 is 5.25. The molecule has 1 aliphatic carbocycles. The van der Waals surface area contributed by atoms with Crippen LogP contribution in [-0.2, 0) is 16.2 Å². The van der Waals surface area contributed by atoms with Gasteiger partial charge in [-0.2, -0.15) is 0 Å². The average Bonchev–Trinajstić information content (AvgIpc) is 4.23. The smallest absolute Gasteiger partial charge is 0.252 e. The van der Waals surface area contributed by atoms with Crippen molar-refractivity contribution < 1.29 is 0 Å². The number of anilines is 8. The van der Waals surface area contributed by atoms with Crippen molar-refractivity contribution in [3.8, 4) is 11.1 Å². The normalized spacial score (nSPS) is 18.8. The number of benzene rings is 9. The highest BCUT2D eigenvalue weighted by Gasteiger charge is 2.58. The second-order valence-corrected chi connectivity index (χ2v) is 26.9. The lowest BCUT2D eigenvalue weighted by molar-refractivity contribution is 0.195. The highest BCUT2D eigenvalue weighted by Crippen LogP contribution is 2.62. The van der Waals surface area contributed by atoms with E-state index in [0.717, 1.165) is 6.42 Å². The Morgan fingerprint density at radius 3 is 1.79 bits per heavy atom. The van der Waals surface area contributed by atoms with E-state index in [1.165, 1.54) is 149 Å². The Labute approximate surface area is 456 Å². The molecule has 0 saturated heterocycles. The van der Waals surface area contributed by atoms with Crippen LogP contribution in [0.25, 0.3) is 51.5 Å². The third-order valence-electron chi connectivity index (χ3n) is 18.5. The lowest BCUT2D eigenvalue weighted by Gasteiger charge is -2.51. The summed E-state index contributed by atoms with van der Waals surface area (Å²) in [6, 6.07) is 71.0. The molecule has 0 spiro atoms. The van der Waals surface area contributed by atoms with E-state index in [9.17, 15) is 0 Å². The maximum Gasteiger partial charge on any atom is 0.252 e. The maximum absolute atomic E-state index is 2.82. The first-order chi connectivity index (χ1) is 36.7. The fourth-order valence-corrected chi connectivity index (χ4v) is 16.7. The van der Waals surface area contributed by atoms with Crippen molar-refractivity contribution in [2.24, 2.45) is 0 Å². The number of rotatable bonds is 4. The molecule has 6 heteroatoms. The van der Waals surface area contributed by atoms with Crippen LogP contribution >= 0.6 is 22.7 Å². The van der Waals surface area contributed by atoms with Gasteiger partial charge in [-0.05, 0) is 136 Å². The van der Waals surface area contributed by atoms with Crippen LogP contribution in [0.3, 0.4) is 0 Å². The van der Waals surface area contributed by atoms with Gasteiger partial charge in [0, 0.05) is 79.8 Å². The van der Waals surface area contributed by atoms with E-state index in [1.807, 2.05) is 22.7 Å². The van der Waals surface area contributed by atoms with Crippen molar-refractivity contribution >= 4 is 132 Å². The Bertz CT molecular complexity index is 4230. The predicted molar refractivity (Wildman–Crippen MR) is 332 cm³/mol. The molecule has 0 amide bonds. The molecule has 3 aliphatic heterocycles. The summed E-state index contributed by atoms with van der Waals surface area (Å²) in [7, 11) is 0. The minimum Gasteiger partial charge on any atom is -0.334 e. The summed E-state index contributed by atoms with van der Waals surface area (Å²) in [6.45, 7) is 19.3. The van der Waals surface area contributed by atoms with Crippen molar-refractivity contribution in [3.05, 3.63) is 199 Å². The van der Waals surface area contributed by atoms with Gasteiger partial charge in [0.25, 0.3) is 6.71 Å². The molecule has 2 unspecified atom stereocenters. The van der Waals surface area contributed by atoms with E-state index in [2.05, 4.69) is 252 Å². The lowest BCUT2D eigenvalue weighted by atomic mass is 9.33. The van der Waals surface area contributed by atoms with Crippen molar-refractivity contribution in [1.29, 1.82) is 0 Å². The molecule has 0 N–H and O–H groups in total. The van der Waals surface area contributed by atoms with Gasteiger partial charge in [0.15, 0.2) is 0 Å². The van der Waals surface area contributed by atoms with Gasteiger partial charge in [-0.3, -0.25) is 0 Å². The third-order valence-corrected chi connectivity index (χ3v) is 20.8. The van der Waals surface area contributed by atoms with Crippen LogP contribution < -0.4 is 31.1 Å². The van der Waals surface area contributed by atoms with Crippen LogP contribution in [-0.4, -0.2) is 12.3 Å². The maximum atomic E-state index is 2.82. The van der Waals surface area contributed by atoms with Crippen molar-refractivity contribution in [1.82, 2.24) is 0 Å². The lowest BCUT2D eigenvalue weighted by Crippen LogP contribution is -2.61. The quantitative estimate of drug-likeness (QED) is 0.163. The largest absolute Gasteiger partial charge is 0.334 e. The SMILES string of the molecule is CC(C)(C)c1ccc2c(c1)B1c3ccc4sc5ccccc5c4c3N(c3ccc(C(C)(C)C)cc3-c3ccccc3)c3cc(N4c5ccccc5C5(C)CCCCC45C)cc(c31)N2c1cccc2sc3ccccc3c12. The molecule has 1 saturated carbocycles. The van der Waals surface area contributed by atoms with Crippen LogP contribution in [0.5, 0.6) is 0 Å². The molecule has 2 atom stereocenters. The van der Waals surface area contributed by atoms with E-state index >= 15 is 0 Å². The molecule has 0 radical (unpaired) electrons. The van der Waals surface area contributed by atoms with Crippen LogP contribution in [0.15, 0.2) is 182 Å². The zero-order valence-electron chi connectivity index (χ0n) is 44.9. The van der Waals surface area contributed by atoms with E-state index in [-0.39, 0.29) is 28.5 Å². The van der Waals surface area contributed by atoms with Gasteiger partial charge in [0.1, 0.15) is 0 Å². The fourth-order valence-electron chi connectivity index (χ4n) is 14.5. The fraction of sp³-hybridized carbons (Fsp3) is 0.229. The van der Waals surface area contributed by atoms with Gasteiger partial charge in [-0.1, -0.05) is 177 Å². The molecule has 2 aromatic heterocycles. The Hall–Kier alpha value is -7.12. The molecule has 372 valence electrons. The number of thiophene rings is 2. The number of hydrogen-bond acceptors (Lipinski definition) is 5. The zero-order chi connectivity index (χ0) is 51.6. The molecule has 5 heterocycles. The van der Waals surface area contributed by atoms with Crippen LogP contribution in [0.4, 0.5) is 45.5 Å². The first-order valence-electron chi connectivity index (χ1n) is 27.6. The Morgan fingerprint density at radius 1 is 0.461 bits per heavy atom. The second kappa shape index (κ2) is 16.2. The van der Waals surface area contributed by atoms with Crippen molar-refractivity contribution in [2.75, 3.05) is 14.7 Å². The monoisotopic (exact) mass is 1020 g/mol. The van der Waals surface area contributed by atoms with Gasteiger partial charge < -0.3 is 14.7 Å². The molecule has 4 aliphatic rings. The molecular weight excluding hydrogens is 958 g/mol. The third kappa shape index (κ3) is 6.41. The number of nitrogens with zero attached hydrogens (tertiary/aromatic N) is 3. The van der Waals surface area contributed by atoms with Crippen LogP contribution in [0.1, 0.15) is 97.8 Å². The van der Waals surface area contributed by atoms with Gasteiger partial charge in [0.2, 0.25) is 0 Å². The van der Waals surface area contributed by atoms with E-state index in [0.29, 0.717) is 0 Å². The average molecular weight is 1020 g/mol. The highest BCUT2D eigenvalue weighted by molar-refractivity contribution is 7.26. The first kappa shape index (κ1) is 46.2. The molecule has 11 aromatic rings. The van der Waals surface area contributed by atoms with E-state index < -0.39 is 0 Å². The van der Waals surface area contributed by atoms with Gasteiger partial charge in [-0.15, -0.1) is 22.7 Å². The molecule has 0 bridgehead atoms. The van der Waals surface area contributed by atoms with Crippen LogP contribution in [0.2, 0.25) is 0 Å². The van der Waals surface area contributed by atoms with Crippen molar-refractivity contribution in [2.45, 2.75) is 103 Å². The second-order valence-electron chi connectivity index (χ2n) is 24.8. The van der Waals surface area contributed by atoms with Gasteiger partial charge >= 0.3 is 0 Å². The van der Waals surface area contributed by atoms with Gasteiger partial charge in [-0.25, -0.2) is 0 Å². The van der Waals surface area contributed by atoms with E-state index in [1.54, 1.807) is 0 Å². The Morgan fingerprint density at radius 2 is 1.05 bits per heavy atom. The minimum absolute atomic E-state index is 0.0222. The first-order valence-corrected chi connectivity index (χ1v) is 29.2. The van der Waals surface area contributed by atoms with Crippen LogP contribution in [0, 0.1) is 0 Å². The molecular formula is C70H62BN3S2. The molecule has 9 aromatic carbocycles. The molecule has 1 fully saturated rings. The highest BCUT2D eigenvalue weighted by atomic mass is 32.1. The summed E-state index contributed by atoms with van der Waals surface area (Å²) in [6.07, 6.45) is 4.74. The Kier molecular flexibility index (Phi) is 9.85. The summed E-state index contributed by atoms with van der Waals surface area (Å²) in [5.41, 5.74) is 20.4. The zero-order valence-corrected chi connectivity index (χ0v) is 46.5. The number of para-hydroxylation sites is 1. The minimum atomic E-state index is -0.157. The number of fused-ring (bicyclic) bond motifs is 14. The molecule has 15 rings (SSSR count). The topological polar surface area (TPSA) is 9.72 Å².